The second kappa shape index (κ2) is 6.74. The second-order valence-corrected chi connectivity index (χ2v) is 4.61. The zero-order valence-corrected chi connectivity index (χ0v) is 11.2. The fourth-order valence-corrected chi connectivity index (χ4v) is 2.17. The van der Waals surface area contributed by atoms with Crippen LogP contribution in [0.25, 0.3) is 0 Å². The van der Waals surface area contributed by atoms with Crippen molar-refractivity contribution in [3.8, 4) is 0 Å². The number of nitrogens with one attached hydrogen (secondary N) is 1. The number of carbonyl (C=O) groups excluding carboxylic acids is 1. The van der Waals surface area contributed by atoms with Gasteiger partial charge in [0.15, 0.2) is 0 Å². The fraction of sp³-hybridized carbons (Fsp3) is 0.235. The third-order valence-corrected chi connectivity index (χ3v) is 3.14. The maximum Gasteiger partial charge on any atom is 0.231 e. The van der Waals surface area contributed by atoms with Crippen molar-refractivity contribution < 1.29 is 4.79 Å². The SMILES string of the molecule is CCC[C@H](C(=O)Nc1ccccc1)c1ccccc1. The van der Waals surface area contributed by atoms with Gasteiger partial charge in [-0.3, -0.25) is 4.79 Å². The Bertz CT molecular complexity index is 507. The van der Waals surface area contributed by atoms with Gasteiger partial charge < -0.3 is 5.32 Å². The summed E-state index contributed by atoms with van der Waals surface area (Å²) >= 11 is 0. The van der Waals surface area contributed by atoms with E-state index in [0.717, 1.165) is 24.1 Å². The summed E-state index contributed by atoms with van der Waals surface area (Å²) in [6.07, 6.45) is 1.85. The molecule has 0 aliphatic rings. The van der Waals surface area contributed by atoms with E-state index in [-0.39, 0.29) is 11.8 Å². The minimum Gasteiger partial charge on any atom is -0.326 e. The molecule has 1 N–H and O–H groups in total. The molecule has 0 bridgehead atoms. The van der Waals surface area contributed by atoms with Crippen molar-refractivity contribution in [1.82, 2.24) is 0 Å². The lowest BCUT2D eigenvalue weighted by atomic mass is 9.93. The highest BCUT2D eigenvalue weighted by atomic mass is 16.1. The number of amides is 1. The average molecular weight is 253 g/mol. The molecule has 19 heavy (non-hydrogen) atoms. The van der Waals surface area contributed by atoms with E-state index in [1.165, 1.54) is 0 Å². The van der Waals surface area contributed by atoms with Gasteiger partial charge in [-0.2, -0.15) is 0 Å². The molecule has 0 aliphatic heterocycles. The third kappa shape index (κ3) is 3.68. The minimum atomic E-state index is -0.0774. The molecule has 0 fully saturated rings. The molecule has 2 aromatic carbocycles. The van der Waals surface area contributed by atoms with Gasteiger partial charge >= 0.3 is 0 Å². The van der Waals surface area contributed by atoms with Gasteiger partial charge in [-0.05, 0) is 24.1 Å². The molecule has 2 rings (SSSR count). The Kier molecular flexibility index (Phi) is 4.73. The first-order valence-corrected chi connectivity index (χ1v) is 6.72. The van der Waals surface area contributed by atoms with Crippen molar-refractivity contribution in [3.63, 3.8) is 0 Å². The van der Waals surface area contributed by atoms with Crippen LogP contribution in [0, 0.1) is 0 Å². The molecule has 0 saturated carbocycles. The van der Waals surface area contributed by atoms with Gasteiger partial charge in [-0.15, -0.1) is 0 Å². The van der Waals surface area contributed by atoms with Crippen molar-refractivity contribution in [3.05, 3.63) is 66.2 Å². The molecule has 0 aliphatic carbocycles. The summed E-state index contributed by atoms with van der Waals surface area (Å²) in [6, 6.07) is 19.6. The van der Waals surface area contributed by atoms with Crippen LogP contribution in [0.1, 0.15) is 31.2 Å². The van der Waals surface area contributed by atoms with E-state index >= 15 is 0 Å². The van der Waals surface area contributed by atoms with Crippen molar-refractivity contribution >= 4 is 11.6 Å². The van der Waals surface area contributed by atoms with Gasteiger partial charge in [0.25, 0.3) is 0 Å². The molecule has 2 aromatic rings. The lowest BCUT2D eigenvalue weighted by molar-refractivity contribution is -0.117. The quantitative estimate of drug-likeness (QED) is 0.849. The summed E-state index contributed by atoms with van der Waals surface area (Å²) in [5, 5.41) is 2.99. The van der Waals surface area contributed by atoms with Gasteiger partial charge in [0.1, 0.15) is 0 Å². The highest BCUT2D eigenvalue weighted by Gasteiger charge is 2.19. The van der Waals surface area contributed by atoms with Gasteiger partial charge in [-0.25, -0.2) is 0 Å². The Balaban J connectivity index is 2.13. The Labute approximate surface area is 114 Å². The zero-order chi connectivity index (χ0) is 13.5. The summed E-state index contributed by atoms with van der Waals surface area (Å²) in [5.74, 6) is -0.00865. The Morgan fingerprint density at radius 2 is 1.58 bits per heavy atom. The Morgan fingerprint density at radius 1 is 1.00 bits per heavy atom. The normalized spacial score (nSPS) is 11.8. The predicted molar refractivity (Wildman–Crippen MR) is 79.2 cm³/mol. The van der Waals surface area contributed by atoms with E-state index in [9.17, 15) is 4.79 Å². The van der Waals surface area contributed by atoms with Gasteiger partial charge in [0.05, 0.1) is 5.92 Å². The number of rotatable bonds is 5. The molecule has 0 saturated heterocycles. The van der Waals surface area contributed by atoms with E-state index < -0.39 is 0 Å². The molecule has 2 nitrogen and oxygen atoms in total. The third-order valence-electron chi connectivity index (χ3n) is 3.14. The average Bonchev–Trinajstić information content (AvgIpc) is 2.46. The largest absolute Gasteiger partial charge is 0.326 e. The second-order valence-electron chi connectivity index (χ2n) is 4.61. The predicted octanol–water partition coefficient (Wildman–Crippen LogP) is 4.21. The summed E-state index contributed by atoms with van der Waals surface area (Å²) in [5.41, 5.74) is 1.93. The molecule has 1 atom stereocenters. The van der Waals surface area contributed by atoms with Crippen LogP contribution in [0.15, 0.2) is 60.7 Å². The van der Waals surface area contributed by atoms with Crippen LogP contribution in [-0.2, 0) is 4.79 Å². The molecule has 1 amide bonds. The van der Waals surface area contributed by atoms with Crippen LogP contribution in [0.2, 0.25) is 0 Å². The molecular formula is C17H19NO. The lowest BCUT2D eigenvalue weighted by Crippen LogP contribution is -2.21. The maximum absolute atomic E-state index is 12.4. The van der Waals surface area contributed by atoms with Crippen LogP contribution in [0.3, 0.4) is 0 Å². The molecule has 0 heterocycles. The van der Waals surface area contributed by atoms with Gasteiger partial charge in [-0.1, -0.05) is 61.9 Å². The van der Waals surface area contributed by atoms with Crippen molar-refractivity contribution in [2.75, 3.05) is 5.32 Å². The lowest BCUT2D eigenvalue weighted by Gasteiger charge is -2.16. The molecule has 0 spiro atoms. The number of hydrogen-bond donors (Lipinski definition) is 1. The number of carbonyl (C=O) groups is 1. The highest BCUT2D eigenvalue weighted by molar-refractivity contribution is 5.95. The van der Waals surface area contributed by atoms with E-state index in [2.05, 4.69) is 12.2 Å². The van der Waals surface area contributed by atoms with Crippen molar-refractivity contribution in [2.45, 2.75) is 25.7 Å². The standard InChI is InChI=1S/C17H19NO/c1-2-9-16(14-10-5-3-6-11-14)17(19)18-15-12-7-4-8-13-15/h3-8,10-13,16H,2,9H2,1H3,(H,18,19)/t16-/m0/s1. The zero-order valence-electron chi connectivity index (χ0n) is 11.2. The summed E-state index contributed by atoms with van der Waals surface area (Å²) in [4.78, 5) is 12.4. The van der Waals surface area contributed by atoms with E-state index in [4.69, 9.17) is 0 Å². The monoisotopic (exact) mass is 253 g/mol. The maximum atomic E-state index is 12.4. The first-order chi connectivity index (χ1) is 9.31. The molecule has 0 unspecified atom stereocenters. The summed E-state index contributed by atoms with van der Waals surface area (Å²) < 4.78 is 0. The first kappa shape index (κ1) is 13.3. The number of hydrogen-bond acceptors (Lipinski definition) is 1. The van der Waals surface area contributed by atoms with Gasteiger partial charge in [0, 0.05) is 5.69 Å². The number of para-hydroxylation sites is 1. The number of benzene rings is 2. The van der Waals surface area contributed by atoms with E-state index in [1.807, 2.05) is 60.7 Å². The van der Waals surface area contributed by atoms with Crippen LogP contribution in [0.5, 0.6) is 0 Å². The van der Waals surface area contributed by atoms with Crippen LogP contribution in [0.4, 0.5) is 5.69 Å². The Morgan fingerprint density at radius 3 is 2.16 bits per heavy atom. The molecule has 98 valence electrons. The van der Waals surface area contributed by atoms with Crippen molar-refractivity contribution in [2.24, 2.45) is 0 Å². The fourth-order valence-electron chi connectivity index (χ4n) is 2.17. The molecule has 0 radical (unpaired) electrons. The first-order valence-electron chi connectivity index (χ1n) is 6.72. The van der Waals surface area contributed by atoms with Crippen LogP contribution < -0.4 is 5.32 Å². The smallest absolute Gasteiger partial charge is 0.231 e. The summed E-state index contributed by atoms with van der Waals surface area (Å²) in [7, 11) is 0. The van der Waals surface area contributed by atoms with Crippen LogP contribution >= 0.6 is 0 Å². The van der Waals surface area contributed by atoms with E-state index in [1.54, 1.807) is 0 Å². The molecular weight excluding hydrogens is 234 g/mol. The molecule has 2 heteroatoms. The van der Waals surface area contributed by atoms with E-state index in [0.29, 0.717) is 0 Å². The van der Waals surface area contributed by atoms with Crippen LogP contribution in [-0.4, -0.2) is 5.91 Å². The van der Waals surface area contributed by atoms with Gasteiger partial charge in [0.2, 0.25) is 5.91 Å². The minimum absolute atomic E-state index is 0.0688. The van der Waals surface area contributed by atoms with Crippen molar-refractivity contribution in [1.29, 1.82) is 0 Å². The molecule has 0 aromatic heterocycles. The number of anilines is 1. The Hall–Kier alpha value is -2.09. The highest BCUT2D eigenvalue weighted by Crippen LogP contribution is 2.23. The topological polar surface area (TPSA) is 29.1 Å². The summed E-state index contributed by atoms with van der Waals surface area (Å²) in [6.45, 7) is 2.10.